The van der Waals surface area contributed by atoms with Crippen LogP contribution < -0.4 is 16.0 Å². The molecule has 0 aliphatic carbocycles. The van der Waals surface area contributed by atoms with Gasteiger partial charge < -0.3 is 16.0 Å². The first-order valence-electron chi connectivity index (χ1n) is 10.6. The Balaban J connectivity index is 1.43. The molecular weight excluding hydrogens is 457 g/mol. The normalized spacial score (nSPS) is 11.1. The third kappa shape index (κ3) is 6.32. The minimum atomic E-state index is -4.52. The molecule has 2 heterocycles. The quantitative estimate of drug-likeness (QED) is 0.304. The fourth-order valence-electron chi connectivity index (χ4n) is 3.26. The van der Waals surface area contributed by atoms with Gasteiger partial charge in [0.05, 0.1) is 5.56 Å². The van der Waals surface area contributed by atoms with Crippen LogP contribution in [0.1, 0.15) is 27.3 Å². The van der Waals surface area contributed by atoms with E-state index in [-0.39, 0.29) is 5.56 Å². The fraction of sp³-hybridized carbons (Fsp3) is 0.120. The zero-order valence-corrected chi connectivity index (χ0v) is 18.8. The molecule has 0 atom stereocenters. The van der Waals surface area contributed by atoms with Gasteiger partial charge in [0, 0.05) is 29.2 Å². The monoisotopic (exact) mass is 478 g/mol. The molecule has 178 valence electrons. The van der Waals surface area contributed by atoms with Gasteiger partial charge in [-0.3, -0.25) is 4.79 Å². The number of anilines is 5. The number of carbonyl (C=O) groups is 1. The summed E-state index contributed by atoms with van der Waals surface area (Å²) in [6.07, 6.45) is -2.81. The summed E-state index contributed by atoms with van der Waals surface area (Å²) >= 11 is 0. The lowest BCUT2D eigenvalue weighted by Gasteiger charge is -2.11. The summed E-state index contributed by atoms with van der Waals surface area (Å²) in [5.41, 5.74) is 1.23. The number of alkyl halides is 3. The van der Waals surface area contributed by atoms with Crippen LogP contribution in [0.3, 0.4) is 0 Å². The molecule has 0 spiro atoms. The molecule has 3 N–H and O–H groups in total. The summed E-state index contributed by atoms with van der Waals surface area (Å²) in [6, 6.07) is 16.5. The second-order valence-electron chi connectivity index (χ2n) is 7.76. The first-order chi connectivity index (χ1) is 16.7. The zero-order chi connectivity index (χ0) is 25.0. The Morgan fingerprint density at radius 3 is 2.17 bits per heavy atom. The molecular formula is C25H21F3N6O. The average Bonchev–Trinajstić information content (AvgIpc) is 2.79. The number of pyridine rings is 1. The first-order valence-corrected chi connectivity index (χ1v) is 10.6. The summed E-state index contributed by atoms with van der Waals surface area (Å²) in [7, 11) is 0. The maximum absolute atomic E-state index is 12.9. The molecule has 0 fully saturated rings. The SMILES string of the molecule is Cc1ccnc(Nc2cc(Nc3ccc(NC(=O)c4cccc(C(F)(F)F)c4)cc3)nc(C)n2)c1. The van der Waals surface area contributed by atoms with E-state index in [4.69, 9.17) is 0 Å². The predicted octanol–water partition coefficient (Wildman–Crippen LogP) is 6.25. The Morgan fingerprint density at radius 2 is 1.49 bits per heavy atom. The van der Waals surface area contributed by atoms with Gasteiger partial charge in [-0.15, -0.1) is 0 Å². The van der Waals surface area contributed by atoms with E-state index in [1.807, 2.05) is 19.1 Å². The predicted molar refractivity (Wildman–Crippen MR) is 128 cm³/mol. The number of hydrogen-bond donors (Lipinski definition) is 3. The molecule has 4 rings (SSSR count). The molecule has 0 saturated heterocycles. The largest absolute Gasteiger partial charge is 0.416 e. The van der Waals surface area contributed by atoms with Crippen molar-refractivity contribution < 1.29 is 18.0 Å². The van der Waals surface area contributed by atoms with E-state index >= 15 is 0 Å². The van der Waals surface area contributed by atoms with Crippen molar-refractivity contribution in [1.29, 1.82) is 0 Å². The Labute approximate surface area is 199 Å². The lowest BCUT2D eigenvalue weighted by Crippen LogP contribution is -2.13. The Morgan fingerprint density at radius 1 is 0.800 bits per heavy atom. The smallest absolute Gasteiger partial charge is 0.340 e. The maximum atomic E-state index is 12.9. The number of nitrogens with zero attached hydrogens (tertiary/aromatic N) is 3. The number of nitrogens with one attached hydrogen (secondary N) is 3. The fourth-order valence-corrected chi connectivity index (χ4v) is 3.26. The lowest BCUT2D eigenvalue weighted by atomic mass is 10.1. The van der Waals surface area contributed by atoms with Crippen LogP contribution in [0.4, 0.5) is 42.0 Å². The number of carbonyl (C=O) groups excluding carboxylic acids is 1. The molecule has 0 radical (unpaired) electrons. The standard InChI is InChI=1S/C25H21F3N6O/c1-15-10-11-29-21(12-15)34-23-14-22(30-16(2)31-23)32-19-6-8-20(9-7-19)33-24(35)17-4-3-5-18(13-17)25(26,27)28/h3-14H,1-2H3,(H,33,35)(H2,29,30,31,32,34). The van der Waals surface area contributed by atoms with Gasteiger partial charge in [-0.2, -0.15) is 13.2 Å². The number of halogens is 3. The van der Waals surface area contributed by atoms with Crippen molar-refractivity contribution in [2.24, 2.45) is 0 Å². The van der Waals surface area contributed by atoms with E-state index in [2.05, 4.69) is 30.9 Å². The van der Waals surface area contributed by atoms with Crippen LogP contribution in [0.25, 0.3) is 0 Å². The van der Waals surface area contributed by atoms with Crippen LogP contribution in [-0.4, -0.2) is 20.9 Å². The highest BCUT2D eigenvalue weighted by atomic mass is 19.4. The minimum Gasteiger partial charge on any atom is -0.340 e. The van der Waals surface area contributed by atoms with Crippen LogP contribution in [0.15, 0.2) is 72.9 Å². The van der Waals surface area contributed by atoms with Crippen LogP contribution in [0.5, 0.6) is 0 Å². The molecule has 0 unspecified atom stereocenters. The molecule has 2 aromatic heterocycles. The maximum Gasteiger partial charge on any atom is 0.416 e. The van der Waals surface area contributed by atoms with Gasteiger partial charge in [-0.05, 0) is 74.0 Å². The number of benzene rings is 2. The van der Waals surface area contributed by atoms with Crippen LogP contribution in [0, 0.1) is 13.8 Å². The van der Waals surface area contributed by atoms with Crippen molar-refractivity contribution in [1.82, 2.24) is 15.0 Å². The van der Waals surface area contributed by atoms with Crippen LogP contribution >= 0.6 is 0 Å². The summed E-state index contributed by atoms with van der Waals surface area (Å²) in [4.78, 5) is 25.4. The third-order valence-corrected chi connectivity index (χ3v) is 4.88. The third-order valence-electron chi connectivity index (χ3n) is 4.88. The number of amides is 1. The van der Waals surface area contributed by atoms with Crippen molar-refractivity contribution in [3.63, 3.8) is 0 Å². The van der Waals surface area contributed by atoms with E-state index < -0.39 is 17.6 Å². The summed E-state index contributed by atoms with van der Waals surface area (Å²) < 4.78 is 38.7. The van der Waals surface area contributed by atoms with Crippen LogP contribution in [-0.2, 0) is 6.18 Å². The zero-order valence-electron chi connectivity index (χ0n) is 18.8. The van der Waals surface area contributed by atoms with E-state index in [1.165, 1.54) is 12.1 Å². The molecule has 35 heavy (non-hydrogen) atoms. The molecule has 0 bridgehead atoms. The average molecular weight is 478 g/mol. The molecule has 2 aromatic carbocycles. The van der Waals surface area contributed by atoms with Gasteiger partial charge in [0.25, 0.3) is 5.91 Å². The minimum absolute atomic E-state index is 0.0818. The highest BCUT2D eigenvalue weighted by Gasteiger charge is 2.30. The Kier molecular flexibility index (Phi) is 6.63. The number of hydrogen-bond acceptors (Lipinski definition) is 6. The molecule has 7 nitrogen and oxygen atoms in total. The second-order valence-corrected chi connectivity index (χ2v) is 7.76. The van der Waals surface area contributed by atoms with Crippen molar-refractivity contribution in [2.45, 2.75) is 20.0 Å². The van der Waals surface area contributed by atoms with Gasteiger partial charge in [0.1, 0.15) is 23.3 Å². The molecule has 0 aliphatic heterocycles. The highest BCUT2D eigenvalue weighted by Crippen LogP contribution is 2.30. The van der Waals surface area contributed by atoms with Crippen molar-refractivity contribution in [3.05, 3.63) is 95.4 Å². The van der Waals surface area contributed by atoms with Crippen LogP contribution in [0.2, 0.25) is 0 Å². The molecule has 10 heteroatoms. The van der Waals surface area contributed by atoms with E-state index in [0.717, 1.165) is 17.7 Å². The van der Waals surface area contributed by atoms with Crippen molar-refractivity contribution in [2.75, 3.05) is 16.0 Å². The number of aromatic nitrogens is 3. The molecule has 4 aromatic rings. The summed E-state index contributed by atoms with van der Waals surface area (Å²) in [5.74, 6) is 1.70. The molecule has 1 amide bonds. The lowest BCUT2D eigenvalue weighted by molar-refractivity contribution is -0.137. The van der Waals surface area contributed by atoms with Gasteiger partial charge in [-0.1, -0.05) is 6.07 Å². The van der Waals surface area contributed by atoms with Crippen molar-refractivity contribution >= 4 is 34.7 Å². The van der Waals surface area contributed by atoms with Gasteiger partial charge in [-0.25, -0.2) is 15.0 Å². The van der Waals surface area contributed by atoms with Gasteiger partial charge in [0.2, 0.25) is 0 Å². The van der Waals surface area contributed by atoms with Gasteiger partial charge in [0.15, 0.2) is 0 Å². The van der Waals surface area contributed by atoms with Crippen molar-refractivity contribution in [3.8, 4) is 0 Å². The topological polar surface area (TPSA) is 91.8 Å². The highest BCUT2D eigenvalue weighted by molar-refractivity contribution is 6.04. The second kappa shape index (κ2) is 9.80. The van der Waals surface area contributed by atoms with Gasteiger partial charge >= 0.3 is 6.18 Å². The first kappa shape index (κ1) is 23.7. The molecule has 0 aliphatic rings. The molecule has 0 saturated carbocycles. The summed E-state index contributed by atoms with van der Waals surface area (Å²) in [5, 5.41) is 8.92. The van der Waals surface area contributed by atoms with E-state index in [0.29, 0.717) is 34.7 Å². The van der Waals surface area contributed by atoms with E-state index in [1.54, 1.807) is 43.5 Å². The number of aryl methyl sites for hydroxylation is 2. The summed E-state index contributed by atoms with van der Waals surface area (Å²) in [6.45, 7) is 3.74. The number of rotatable bonds is 6. The Bertz CT molecular complexity index is 1360. The Hall–Kier alpha value is -4.47. The van der Waals surface area contributed by atoms with E-state index in [9.17, 15) is 18.0 Å².